The maximum atomic E-state index is 13.0. The number of hydrogen-bond acceptors (Lipinski definition) is 5. The van der Waals surface area contributed by atoms with Crippen molar-refractivity contribution in [3.63, 3.8) is 0 Å². The number of carbonyl (C=O) groups is 2. The first-order valence-corrected chi connectivity index (χ1v) is 11.7. The molecule has 1 unspecified atom stereocenters. The average molecular weight is 418 g/mol. The first-order chi connectivity index (χ1) is 13.9. The molecule has 6 nitrogen and oxygen atoms in total. The van der Waals surface area contributed by atoms with Gasteiger partial charge in [-0.05, 0) is 55.3 Å². The van der Waals surface area contributed by atoms with Crippen molar-refractivity contribution in [1.29, 1.82) is 0 Å². The minimum Gasteiger partial charge on any atom is -0.351 e. The normalized spacial score (nSPS) is 25.6. The number of aromatic nitrogens is 1. The maximum Gasteiger partial charge on any atom is 0.292 e. The molecule has 29 heavy (non-hydrogen) atoms. The number of likely N-dealkylation sites (tertiary alicyclic amines) is 2. The molecule has 1 aromatic rings. The fourth-order valence-corrected chi connectivity index (χ4v) is 5.99. The molecule has 0 radical (unpaired) electrons. The fourth-order valence-electron chi connectivity index (χ4n) is 4.68. The molecular formula is C22H31N3O3S. The Hall–Kier alpha value is -1.76. The fraction of sp³-hybridized carbons (Fsp3) is 0.682. The summed E-state index contributed by atoms with van der Waals surface area (Å²) in [6, 6.07) is 1.62. The zero-order chi connectivity index (χ0) is 20.4. The van der Waals surface area contributed by atoms with Crippen molar-refractivity contribution in [2.24, 2.45) is 11.3 Å². The van der Waals surface area contributed by atoms with Crippen molar-refractivity contribution >= 4 is 23.6 Å². The summed E-state index contributed by atoms with van der Waals surface area (Å²) in [5.74, 6) is 1.03. The average Bonchev–Trinajstić information content (AvgIpc) is 3.39. The Morgan fingerprint density at radius 1 is 1.10 bits per heavy atom. The van der Waals surface area contributed by atoms with E-state index in [1.807, 2.05) is 16.7 Å². The van der Waals surface area contributed by atoms with Crippen LogP contribution < -0.4 is 0 Å². The number of carbonyl (C=O) groups excluding carboxylic acids is 2. The largest absolute Gasteiger partial charge is 0.351 e. The van der Waals surface area contributed by atoms with E-state index in [4.69, 9.17) is 4.52 Å². The van der Waals surface area contributed by atoms with Crippen LogP contribution in [0.5, 0.6) is 0 Å². The molecule has 3 aliphatic rings. The Balaban J connectivity index is 1.27. The van der Waals surface area contributed by atoms with E-state index in [9.17, 15) is 9.59 Å². The van der Waals surface area contributed by atoms with Gasteiger partial charge in [-0.25, -0.2) is 0 Å². The Kier molecular flexibility index (Phi) is 6.04. The summed E-state index contributed by atoms with van der Waals surface area (Å²) >= 11 is 1.82. The highest BCUT2D eigenvalue weighted by atomic mass is 32.2. The Morgan fingerprint density at radius 2 is 1.86 bits per heavy atom. The van der Waals surface area contributed by atoms with Crippen LogP contribution in [0, 0.1) is 11.3 Å². The third-order valence-electron chi connectivity index (χ3n) is 6.71. The highest BCUT2D eigenvalue weighted by Crippen LogP contribution is 2.40. The molecule has 0 bridgehead atoms. The molecule has 1 atom stereocenters. The molecule has 4 rings (SSSR count). The van der Waals surface area contributed by atoms with Crippen LogP contribution >= 0.6 is 11.8 Å². The summed E-state index contributed by atoms with van der Waals surface area (Å²) in [5.41, 5.74) is 1.33. The quantitative estimate of drug-likeness (QED) is 0.745. The molecule has 158 valence electrons. The van der Waals surface area contributed by atoms with Crippen LogP contribution in [0.25, 0.3) is 0 Å². The van der Waals surface area contributed by atoms with Crippen molar-refractivity contribution in [1.82, 2.24) is 15.0 Å². The second-order valence-corrected chi connectivity index (χ2v) is 10.5. The molecule has 2 saturated heterocycles. The molecule has 4 heterocycles. The topological polar surface area (TPSA) is 66.7 Å². The van der Waals surface area contributed by atoms with E-state index in [1.165, 1.54) is 12.6 Å². The summed E-state index contributed by atoms with van der Waals surface area (Å²) in [7, 11) is 0. The maximum absolute atomic E-state index is 13.0. The predicted octanol–water partition coefficient (Wildman–Crippen LogP) is 3.95. The monoisotopic (exact) mass is 417 g/mol. The molecule has 2 fully saturated rings. The lowest BCUT2D eigenvalue weighted by atomic mass is 9.85. The van der Waals surface area contributed by atoms with E-state index >= 15 is 0 Å². The van der Waals surface area contributed by atoms with E-state index in [-0.39, 0.29) is 11.8 Å². The van der Waals surface area contributed by atoms with E-state index in [2.05, 4.69) is 29.3 Å². The van der Waals surface area contributed by atoms with Gasteiger partial charge in [0.1, 0.15) is 0 Å². The van der Waals surface area contributed by atoms with Gasteiger partial charge in [-0.1, -0.05) is 19.0 Å². The van der Waals surface area contributed by atoms with Crippen LogP contribution in [0.15, 0.2) is 27.8 Å². The third-order valence-corrected chi connectivity index (χ3v) is 8.03. The second-order valence-electron chi connectivity index (χ2n) is 9.34. The lowest BCUT2D eigenvalue weighted by Gasteiger charge is -2.34. The number of nitrogens with zero attached hydrogens (tertiary/aromatic N) is 3. The van der Waals surface area contributed by atoms with Gasteiger partial charge < -0.3 is 14.3 Å². The number of piperidine rings is 1. The van der Waals surface area contributed by atoms with Crippen molar-refractivity contribution in [2.45, 2.75) is 57.6 Å². The highest BCUT2D eigenvalue weighted by molar-refractivity contribution is 8.03. The minimum atomic E-state index is -0.0712. The minimum absolute atomic E-state index is 0.0712. The SMILES string of the molecule is CC1(C)CCCN(C(=O)C2=CSC(C3CCN(C(=O)c4ccno4)CC3)C2)CC1. The smallest absolute Gasteiger partial charge is 0.292 e. The lowest BCUT2D eigenvalue weighted by molar-refractivity contribution is -0.127. The van der Waals surface area contributed by atoms with Gasteiger partial charge in [0.05, 0.1) is 6.20 Å². The highest BCUT2D eigenvalue weighted by Gasteiger charge is 2.35. The molecule has 0 aromatic carbocycles. The van der Waals surface area contributed by atoms with Crippen LogP contribution in [0.1, 0.15) is 62.9 Å². The van der Waals surface area contributed by atoms with Crippen molar-refractivity contribution in [3.05, 3.63) is 29.0 Å². The number of thioether (sulfide) groups is 1. The van der Waals surface area contributed by atoms with Crippen LogP contribution in [0.3, 0.4) is 0 Å². The van der Waals surface area contributed by atoms with Crippen LogP contribution in [-0.4, -0.2) is 58.2 Å². The van der Waals surface area contributed by atoms with Crippen molar-refractivity contribution < 1.29 is 14.1 Å². The van der Waals surface area contributed by atoms with Gasteiger partial charge >= 0.3 is 0 Å². The van der Waals surface area contributed by atoms with E-state index in [0.717, 1.165) is 63.9 Å². The molecule has 1 aromatic heterocycles. The molecule has 0 spiro atoms. The van der Waals surface area contributed by atoms with Gasteiger partial charge in [0.2, 0.25) is 11.7 Å². The van der Waals surface area contributed by atoms with Crippen molar-refractivity contribution in [2.75, 3.05) is 26.2 Å². The molecular weight excluding hydrogens is 386 g/mol. The summed E-state index contributed by atoms with van der Waals surface area (Å²) in [4.78, 5) is 29.4. The van der Waals surface area contributed by atoms with Gasteiger partial charge in [-0.2, -0.15) is 0 Å². The predicted molar refractivity (Wildman–Crippen MR) is 113 cm³/mol. The molecule has 0 N–H and O–H groups in total. The van der Waals surface area contributed by atoms with Gasteiger partial charge in [0.15, 0.2) is 0 Å². The first kappa shape index (κ1) is 20.5. The van der Waals surface area contributed by atoms with Crippen molar-refractivity contribution in [3.8, 4) is 0 Å². The van der Waals surface area contributed by atoms with Crippen LogP contribution in [0.4, 0.5) is 0 Å². The van der Waals surface area contributed by atoms with Gasteiger partial charge in [0.25, 0.3) is 5.91 Å². The number of rotatable bonds is 3. The van der Waals surface area contributed by atoms with Crippen LogP contribution in [-0.2, 0) is 4.79 Å². The molecule has 0 saturated carbocycles. The summed E-state index contributed by atoms with van der Waals surface area (Å²) in [5, 5.41) is 6.19. The van der Waals surface area contributed by atoms with E-state index < -0.39 is 0 Å². The number of amides is 2. The summed E-state index contributed by atoms with van der Waals surface area (Å²) in [6.45, 7) is 7.86. The molecule has 7 heteroatoms. The van der Waals surface area contributed by atoms with E-state index in [0.29, 0.717) is 22.3 Å². The Bertz CT molecular complexity index is 766. The van der Waals surface area contributed by atoms with Gasteiger partial charge in [0, 0.05) is 43.1 Å². The summed E-state index contributed by atoms with van der Waals surface area (Å²) < 4.78 is 5.00. The molecule has 0 aliphatic carbocycles. The van der Waals surface area contributed by atoms with E-state index in [1.54, 1.807) is 6.07 Å². The lowest BCUT2D eigenvalue weighted by Crippen LogP contribution is -2.40. The first-order valence-electron chi connectivity index (χ1n) is 10.8. The Labute approximate surface area is 177 Å². The third kappa shape index (κ3) is 4.71. The number of hydrogen-bond donors (Lipinski definition) is 0. The van der Waals surface area contributed by atoms with Gasteiger partial charge in [-0.15, -0.1) is 11.8 Å². The standard InChI is InChI=1S/C22H31N3O3S/c1-22(2)7-3-10-24(13-8-22)20(26)17-14-19(29-15-17)16-5-11-25(12-6-16)21(27)18-4-9-23-28-18/h4,9,15-16,19H,3,5-8,10-14H2,1-2H3. The second kappa shape index (κ2) is 8.54. The zero-order valence-electron chi connectivity index (χ0n) is 17.4. The summed E-state index contributed by atoms with van der Waals surface area (Å²) in [6.07, 6.45) is 7.70. The molecule has 3 aliphatic heterocycles. The zero-order valence-corrected chi connectivity index (χ0v) is 18.2. The Morgan fingerprint density at radius 3 is 2.59 bits per heavy atom. The molecule has 2 amide bonds. The van der Waals surface area contributed by atoms with Crippen LogP contribution in [0.2, 0.25) is 0 Å². The van der Waals surface area contributed by atoms with Gasteiger partial charge in [-0.3, -0.25) is 9.59 Å².